The highest BCUT2D eigenvalue weighted by Gasteiger charge is 2.19. The summed E-state index contributed by atoms with van der Waals surface area (Å²) < 4.78 is 0. The maximum absolute atomic E-state index is 11.2. The SMILES string of the molecule is O=C1CCC(Nc2cc(N3CCCC3)ncn2)CC1. The fraction of sp³-hybridized carbons (Fsp3) is 0.643. The van der Waals surface area contributed by atoms with E-state index in [2.05, 4.69) is 20.2 Å². The van der Waals surface area contributed by atoms with Gasteiger partial charge in [-0.2, -0.15) is 0 Å². The lowest BCUT2D eigenvalue weighted by Gasteiger charge is -2.23. The van der Waals surface area contributed by atoms with Gasteiger partial charge in [0.15, 0.2) is 0 Å². The largest absolute Gasteiger partial charge is 0.367 e. The molecule has 19 heavy (non-hydrogen) atoms. The number of nitrogens with one attached hydrogen (secondary N) is 1. The van der Waals surface area contributed by atoms with Gasteiger partial charge >= 0.3 is 0 Å². The minimum absolute atomic E-state index is 0.374. The van der Waals surface area contributed by atoms with Gasteiger partial charge in [0.2, 0.25) is 0 Å². The molecule has 0 unspecified atom stereocenters. The van der Waals surface area contributed by atoms with Crippen LogP contribution < -0.4 is 10.2 Å². The van der Waals surface area contributed by atoms with Gasteiger partial charge < -0.3 is 10.2 Å². The van der Waals surface area contributed by atoms with E-state index < -0.39 is 0 Å². The molecule has 102 valence electrons. The van der Waals surface area contributed by atoms with Crippen LogP contribution >= 0.6 is 0 Å². The Balaban J connectivity index is 1.64. The lowest BCUT2D eigenvalue weighted by atomic mass is 9.94. The Morgan fingerprint density at radius 3 is 2.63 bits per heavy atom. The number of hydrogen-bond acceptors (Lipinski definition) is 5. The van der Waals surface area contributed by atoms with E-state index in [1.165, 1.54) is 12.8 Å². The van der Waals surface area contributed by atoms with Crippen LogP contribution in [0.1, 0.15) is 38.5 Å². The topological polar surface area (TPSA) is 58.1 Å². The lowest BCUT2D eigenvalue weighted by molar-refractivity contribution is -0.120. The molecule has 0 aromatic carbocycles. The molecule has 5 heteroatoms. The molecule has 0 radical (unpaired) electrons. The quantitative estimate of drug-likeness (QED) is 0.900. The Morgan fingerprint density at radius 2 is 1.89 bits per heavy atom. The molecule has 1 N–H and O–H groups in total. The summed E-state index contributed by atoms with van der Waals surface area (Å²) in [5.74, 6) is 2.29. The number of aromatic nitrogens is 2. The number of anilines is 2. The number of Topliss-reactive ketones (excluding diaryl/α,β-unsaturated/α-hetero) is 1. The summed E-state index contributed by atoms with van der Waals surface area (Å²) in [6, 6.07) is 2.40. The first-order valence-corrected chi connectivity index (χ1v) is 7.16. The van der Waals surface area contributed by atoms with Crippen molar-refractivity contribution in [1.82, 2.24) is 9.97 Å². The molecule has 1 aromatic rings. The normalized spacial score (nSPS) is 20.8. The minimum atomic E-state index is 0.374. The molecule has 0 spiro atoms. The molecule has 2 aliphatic rings. The molecule has 2 heterocycles. The highest BCUT2D eigenvalue weighted by atomic mass is 16.1. The Hall–Kier alpha value is -1.65. The Morgan fingerprint density at radius 1 is 1.16 bits per heavy atom. The van der Waals surface area contributed by atoms with Gasteiger partial charge in [0.25, 0.3) is 0 Å². The smallest absolute Gasteiger partial charge is 0.134 e. The lowest BCUT2D eigenvalue weighted by Crippen LogP contribution is -2.27. The highest BCUT2D eigenvalue weighted by Crippen LogP contribution is 2.22. The second kappa shape index (κ2) is 5.55. The van der Waals surface area contributed by atoms with Crippen LogP contribution in [-0.4, -0.2) is 34.9 Å². The molecule has 2 fully saturated rings. The van der Waals surface area contributed by atoms with Gasteiger partial charge in [-0.05, 0) is 25.7 Å². The van der Waals surface area contributed by atoms with Gasteiger partial charge in [-0.25, -0.2) is 9.97 Å². The Bertz CT molecular complexity index is 447. The number of hydrogen-bond donors (Lipinski definition) is 1. The van der Waals surface area contributed by atoms with E-state index in [0.29, 0.717) is 24.7 Å². The summed E-state index contributed by atoms with van der Waals surface area (Å²) in [7, 11) is 0. The van der Waals surface area contributed by atoms with E-state index in [4.69, 9.17) is 0 Å². The van der Waals surface area contributed by atoms with Crippen LogP contribution in [0.25, 0.3) is 0 Å². The average Bonchev–Trinajstić information content (AvgIpc) is 2.96. The van der Waals surface area contributed by atoms with Crippen molar-refractivity contribution >= 4 is 17.4 Å². The number of ketones is 1. The van der Waals surface area contributed by atoms with E-state index in [9.17, 15) is 4.79 Å². The number of nitrogens with zero attached hydrogens (tertiary/aromatic N) is 3. The van der Waals surface area contributed by atoms with Gasteiger partial charge in [0, 0.05) is 38.0 Å². The van der Waals surface area contributed by atoms with E-state index >= 15 is 0 Å². The second-order valence-corrected chi connectivity index (χ2v) is 5.41. The molecule has 1 aliphatic carbocycles. The third kappa shape index (κ3) is 3.03. The van der Waals surface area contributed by atoms with Gasteiger partial charge in [-0.3, -0.25) is 4.79 Å². The van der Waals surface area contributed by atoms with Crippen molar-refractivity contribution in [2.45, 2.75) is 44.6 Å². The van der Waals surface area contributed by atoms with E-state index in [0.717, 1.165) is 37.6 Å². The fourth-order valence-electron chi connectivity index (χ4n) is 2.84. The van der Waals surface area contributed by atoms with Crippen molar-refractivity contribution in [2.75, 3.05) is 23.3 Å². The Kier molecular flexibility index (Phi) is 3.62. The van der Waals surface area contributed by atoms with Crippen LogP contribution in [0.3, 0.4) is 0 Å². The van der Waals surface area contributed by atoms with Crippen molar-refractivity contribution < 1.29 is 4.79 Å². The molecule has 0 atom stereocenters. The van der Waals surface area contributed by atoms with Gasteiger partial charge in [0.05, 0.1) is 0 Å². The zero-order chi connectivity index (χ0) is 13.1. The van der Waals surface area contributed by atoms with Gasteiger partial charge in [-0.15, -0.1) is 0 Å². The number of carbonyl (C=O) groups is 1. The average molecular weight is 260 g/mol. The van der Waals surface area contributed by atoms with Crippen LogP contribution in [0.4, 0.5) is 11.6 Å². The predicted molar refractivity (Wildman–Crippen MR) is 74.4 cm³/mol. The molecule has 0 amide bonds. The molecule has 0 bridgehead atoms. The maximum Gasteiger partial charge on any atom is 0.134 e. The van der Waals surface area contributed by atoms with Crippen LogP contribution in [0.15, 0.2) is 12.4 Å². The first kappa shape index (κ1) is 12.4. The van der Waals surface area contributed by atoms with Crippen molar-refractivity contribution in [3.63, 3.8) is 0 Å². The van der Waals surface area contributed by atoms with Crippen molar-refractivity contribution in [2.24, 2.45) is 0 Å². The molecule has 5 nitrogen and oxygen atoms in total. The summed E-state index contributed by atoms with van der Waals surface area (Å²) in [6.45, 7) is 2.18. The monoisotopic (exact) mass is 260 g/mol. The molecule has 1 aromatic heterocycles. The standard InChI is InChI=1S/C14H20N4O/c19-12-5-3-11(4-6-12)17-13-9-14(16-10-15-13)18-7-1-2-8-18/h9-11H,1-8H2,(H,15,16,17). The molecular formula is C14H20N4O. The van der Waals surface area contributed by atoms with Crippen molar-refractivity contribution in [1.29, 1.82) is 0 Å². The number of rotatable bonds is 3. The van der Waals surface area contributed by atoms with Crippen molar-refractivity contribution in [3.8, 4) is 0 Å². The molecule has 1 saturated heterocycles. The molecular weight excluding hydrogens is 240 g/mol. The third-order valence-corrected chi connectivity index (χ3v) is 3.98. The zero-order valence-electron chi connectivity index (χ0n) is 11.1. The van der Waals surface area contributed by atoms with Gasteiger partial charge in [-0.1, -0.05) is 0 Å². The minimum Gasteiger partial charge on any atom is -0.367 e. The van der Waals surface area contributed by atoms with E-state index in [1.807, 2.05) is 6.07 Å². The molecule has 3 rings (SSSR count). The molecule has 1 saturated carbocycles. The summed E-state index contributed by atoms with van der Waals surface area (Å²) in [5.41, 5.74) is 0. The predicted octanol–water partition coefficient (Wildman–Crippen LogP) is 2.00. The summed E-state index contributed by atoms with van der Waals surface area (Å²) >= 11 is 0. The van der Waals surface area contributed by atoms with Crippen LogP contribution in [0.5, 0.6) is 0 Å². The highest BCUT2D eigenvalue weighted by molar-refractivity contribution is 5.79. The zero-order valence-corrected chi connectivity index (χ0v) is 11.1. The summed E-state index contributed by atoms with van der Waals surface area (Å²) in [6.07, 6.45) is 7.35. The van der Waals surface area contributed by atoms with Crippen LogP contribution in [0, 0.1) is 0 Å². The maximum atomic E-state index is 11.2. The van der Waals surface area contributed by atoms with Gasteiger partial charge in [0.1, 0.15) is 23.7 Å². The third-order valence-electron chi connectivity index (χ3n) is 3.98. The van der Waals surface area contributed by atoms with E-state index in [-0.39, 0.29) is 0 Å². The summed E-state index contributed by atoms with van der Waals surface area (Å²) in [4.78, 5) is 22.2. The fourth-order valence-corrected chi connectivity index (χ4v) is 2.84. The number of carbonyl (C=O) groups excluding carboxylic acids is 1. The van der Waals surface area contributed by atoms with Crippen LogP contribution in [-0.2, 0) is 4.79 Å². The first-order valence-electron chi connectivity index (χ1n) is 7.16. The van der Waals surface area contributed by atoms with Crippen molar-refractivity contribution in [3.05, 3.63) is 12.4 Å². The molecule has 1 aliphatic heterocycles. The second-order valence-electron chi connectivity index (χ2n) is 5.41. The Labute approximate surface area is 113 Å². The van der Waals surface area contributed by atoms with E-state index in [1.54, 1.807) is 6.33 Å². The summed E-state index contributed by atoms with van der Waals surface area (Å²) in [5, 5.41) is 3.44. The van der Waals surface area contributed by atoms with Crippen LogP contribution in [0.2, 0.25) is 0 Å². The first-order chi connectivity index (χ1) is 9.31.